The summed E-state index contributed by atoms with van der Waals surface area (Å²) in [5, 5.41) is 4.48. The van der Waals surface area contributed by atoms with Crippen molar-refractivity contribution in [2.75, 3.05) is 5.32 Å². The number of allylic oxidation sites excluding steroid dienone is 1. The Kier molecular flexibility index (Phi) is 5.01. The Balaban J connectivity index is 1.90. The number of anilines is 1. The van der Waals surface area contributed by atoms with Crippen molar-refractivity contribution in [3.63, 3.8) is 0 Å². The van der Waals surface area contributed by atoms with Crippen molar-refractivity contribution in [2.45, 2.75) is 0 Å². The van der Waals surface area contributed by atoms with Gasteiger partial charge in [0.1, 0.15) is 0 Å². The number of hydrogen-bond donors (Lipinski definition) is 1. The molecule has 2 aromatic rings. The lowest BCUT2D eigenvalue weighted by Gasteiger charge is -1.99. The van der Waals surface area contributed by atoms with Crippen molar-refractivity contribution < 1.29 is 0 Å². The average molecular weight is 291 g/mol. The van der Waals surface area contributed by atoms with Gasteiger partial charge in [-0.2, -0.15) is 0 Å². The van der Waals surface area contributed by atoms with E-state index in [0.29, 0.717) is 10.0 Å². The highest BCUT2D eigenvalue weighted by molar-refractivity contribution is 6.31. The van der Waals surface area contributed by atoms with Crippen molar-refractivity contribution in [1.29, 1.82) is 0 Å². The third-order valence-electron chi connectivity index (χ3n) is 2.29. The molecule has 0 amide bonds. The lowest BCUT2D eigenvalue weighted by Crippen LogP contribution is -1.86. The SMILES string of the molecule is Clc1cccc(N=C/C=C/Nc2cccc(Cl)c2)c1. The maximum atomic E-state index is 5.88. The summed E-state index contributed by atoms with van der Waals surface area (Å²) >= 11 is 11.7. The highest BCUT2D eigenvalue weighted by Gasteiger charge is 1.89. The van der Waals surface area contributed by atoms with E-state index in [1.807, 2.05) is 48.5 Å². The summed E-state index contributed by atoms with van der Waals surface area (Å²) in [7, 11) is 0. The van der Waals surface area contributed by atoms with Gasteiger partial charge in [-0.1, -0.05) is 35.3 Å². The Bertz CT molecular complexity index is 607. The Morgan fingerprint density at radius 2 is 1.68 bits per heavy atom. The van der Waals surface area contributed by atoms with Gasteiger partial charge in [-0.15, -0.1) is 0 Å². The van der Waals surface area contributed by atoms with E-state index in [-0.39, 0.29) is 0 Å². The molecule has 0 bridgehead atoms. The van der Waals surface area contributed by atoms with E-state index in [1.165, 1.54) is 0 Å². The van der Waals surface area contributed by atoms with Crippen LogP contribution in [0.1, 0.15) is 0 Å². The van der Waals surface area contributed by atoms with Crippen LogP contribution in [0.15, 0.2) is 65.8 Å². The van der Waals surface area contributed by atoms with Crippen LogP contribution in [0.3, 0.4) is 0 Å². The average Bonchev–Trinajstić information content (AvgIpc) is 2.38. The largest absolute Gasteiger partial charge is 0.362 e. The molecule has 4 heteroatoms. The predicted molar refractivity (Wildman–Crippen MR) is 83.8 cm³/mol. The van der Waals surface area contributed by atoms with Crippen molar-refractivity contribution in [3.05, 3.63) is 70.9 Å². The standard InChI is InChI=1S/C15H12Cl2N2/c16-12-4-1-6-14(10-12)18-8-3-9-19-15-7-2-5-13(17)11-15/h1-11,18H/b8-3+,19-9?. The van der Waals surface area contributed by atoms with Crippen molar-refractivity contribution in [2.24, 2.45) is 4.99 Å². The van der Waals surface area contributed by atoms with E-state index in [2.05, 4.69) is 10.3 Å². The highest BCUT2D eigenvalue weighted by atomic mass is 35.5. The number of nitrogens with zero attached hydrogens (tertiary/aromatic N) is 1. The quantitative estimate of drug-likeness (QED) is 0.757. The first-order valence-corrected chi connectivity index (χ1v) is 6.46. The van der Waals surface area contributed by atoms with E-state index in [4.69, 9.17) is 23.2 Å². The number of halogens is 2. The van der Waals surface area contributed by atoms with Gasteiger partial charge in [0.05, 0.1) is 5.69 Å². The molecule has 19 heavy (non-hydrogen) atoms. The Morgan fingerprint density at radius 1 is 0.947 bits per heavy atom. The summed E-state index contributed by atoms with van der Waals surface area (Å²) in [4.78, 5) is 4.25. The molecule has 0 fully saturated rings. The van der Waals surface area contributed by atoms with E-state index in [9.17, 15) is 0 Å². The third kappa shape index (κ3) is 4.78. The molecular formula is C15H12Cl2N2. The molecule has 0 aliphatic rings. The minimum absolute atomic E-state index is 0.677. The number of hydrogen-bond acceptors (Lipinski definition) is 2. The second-order valence-corrected chi connectivity index (χ2v) is 4.64. The molecule has 0 heterocycles. The van der Waals surface area contributed by atoms with Gasteiger partial charge in [0, 0.05) is 28.1 Å². The molecule has 0 aromatic heterocycles. The minimum Gasteiger partial charge on any atom is -0.362 e. The normalized spacial score (nSPS) is 11.3. The zero-order valence-electron chi connectivity index (χ0n) is 10.1. The topological polar surface area (TPSA) is 24.4 Å². The first-order chi connectivity index (χ1) is 9.24. The van der Waals surface area contributed by atoms with Crippen LogP contribution in [0, 0.1) is 0 Å². The molecule has 0 aliphatic heterocycles. The summed E-state index contributed by atoms with van der Waals surface area (Å²) in [6.45, 7) is 0. The molecule has 0 atom stereocenters. The van der Waals surface area contributed by atoms with Gasteiger partial charge >= 0.3 is 0 Å². The molecule has 0 saturated carbocycles. The van der Waals surface area contributed by atoms with Crippen LogP contribution in [0.25, 0.3) is 0 Å². The molecule has 0 saturated heterocycles. The first kappa shape index (κ1) is 13.7. The van der Waals surface area contributed by atoms with Gasteiger partial charge in [-0.25, -0.2) is 0 Å². The van der Waals surface area contributed by atoms with Crippen LogP contribution in [-0.4, -0.2) is 6.21 Å². The van der Waals surface area contributed by atoms with Crippen LogP contribution >= 0.6 is 23.2 Å². The molecule has 1 N–H and O–H groups in total. The van der Waals surface area contributed by atoms with Crippen LogP contribution in [0.5, 0.6) is 0 Å². The van der Waals surface area contributed by atoms with Gasteiger partial charge < -0.3 is 5.32 Å². The third-order valence-corrected chi connectivity index (χ3v) is 2.76. The highest BCUT2D eigenvalue weighted by Crippen LogP contribution is 2.17. The van der Waals surface area contributed by atoms with Crippen molar-refractivity contribution >= 4 is 40.8 Å². The van der Waals surface area contributed by atoms with Crippen LogP contribution in [0.4, 0.5) is 11.4 Å². The van der Waals surface area contributed by atoms with E-state index >= 15 is 0 Å². The fraction of sp³-hybridized carbons (Fsp3) is 0. The summed E-state index contributed by atoms with van der Waals surface area (Å²) in [6.07, 6.45) is 5.30. The molecule has 0 radical (unpaired) electrons. The van der Waals surface area contributed by atoms with Crippen LogP contribution in [0.2, 0.25) is 10.0 Å². The maximum Gasteiger partial charge on any atom is 0.0644 e. The van der Waals surface area contributed by atoms with Gasteiger partial charge in [0.25, 0.3) is 0 Å². The zero-order valence-corrected chi connectivity index (χ0v) is 11.6. The monoisotopic (exact) mass is 290 g/mol. The predicted octanol–water partition coefficient (Wildman–Crippen LogP) is 5.32. The second kappa shape index (κ2) is 6.98. The molecule has 2 rings (SSSR count). The molecule has 0 spiro atoms. The lowest BCUT2D eigenvalue weighted by molar-refractivity contribution is 1.54. The fourth-order valence-electron chi connectivity index (χ4n) is 1.45. The summed E-state index contributed by atoms with van der Waals surface area (Å²) < 4.78 is 0. The Labute approximate surface area is 122 Å². The van der Waals surface area contributed by atoms with Gasteiger partial charge in [0.15, 0.2) is 0 Å². The lowest BCUT2D eigenvalue weighted by atomic mass is 10.3. The van der Waals surface area contributed by atoms with E-state index < -0.39 is 0 Å². The van der Waals surface area contributed by atoms with Crippen molar-refractivity contribution in [3.8, 4) is 0 Å². The van der Waals surface area contributed by atoms with Gasteiger partial charge in [0.2, 0.25) is 0 Å². The Morgan fingerprint density at radius 3 is 2.42 bits per heavy atom. The summed E-state index contributed by atoms with van der Waals surface area (Å²) in [5.74, 6) is 0. The molecule has 0 aliphatic carbocycles. The number of rotatable bonds is 4. The molecule has 96 valence electrons. The minimum atomic E-state index is 0.677. The van der Waals surface area contributed by atoms with Gasteiger partial charge in [-0.05, 0) is 42.5 Å². The van der Waals surface area contributed by atoms with E-state index in [1.54, 1.807) is 18.5 Å². The molecule has 2 aromatic carbocycles. The number of nitrogens with one attached hydrogen (secondary N) is 1. The summed E-state index contributed by atoms with van der Waals surface area (Å²) in [5.41, 5.74) is 1.75. The van der Waals surface area contributed by atoms with Crippen LogP contribution in [-0.2, 0) is 0 Å². The molecule has 2 nitrogen and oxygen atoms in total. The Hall–Kier alpha value is -1.77. The first-order valence-electron chi connectivity index (χ1n) is 5.71. The fourth-order valence-corrected chi connectivity index (χ4v) is 1.83. The smallest absolute Gasteiger partial charge is 0.0644 e. The maximum absolute atomic E-state index is 5.88. The van der Waals surface area contributed by atoms with Gasteiger partial charge in [-0.3, -0.25) is 4.99 Å². The second-order valence-electron chi connectivity index (χ2n) is 3.77. The molecule has 0 unspecified atom stereocenters. The molecular weight excluding hydrogens is 279 g/mol. The van der Waals surface area contributed by atoms with E-state index in [0.717, 1.165) is 11.4 Å². The number of benzene rings is 2. The summed E-state index contributed by atoms with van der Waals surface area (Å²) in [6, 6.07) is 14.9. The van der Waals surface area contributed by atoms with Crippen LogP contribution < -0.4 is 5.32 Å². The number of aliphatic imine (C=N–C) groups is 1. The van der Waals surface area contributed by atoms with Crippen molar-refractivity contribution in [1.82, 2.24) is 0 Å². The zero-order chi connectivity index (χ0) is 13.5.